The van der Waals surface area contributed by atoms with Gasteiger partial charge in [0.25, 0.3) is 11.6 Å². The first kappa shape index (κ1) is 19.6. The number of benzene rings is 2. The zero-order valence-corrected chi connectivity index (χ0v) is 16.2. The molecule has 0 bridgehead atoms. The molecule has 0 unspecified atom stereocenters. The number of morpholine rings is 1. The second-order valence-corrected chi connectivity index (χ2v) is 6.90. The lowest BCUT2D eigenvalue weighted by Crippen LogP contribution is -2.37. The Morgan fingerprint density at radius 1 is 1.13 bits per heavy atom. The van der Waals surface area contributed by atoms with Gasteiger partial charge in [-0.25, -0.2) is 0 Å². The third-order valence-electron chi connectivity index (χ3n) is 4.86. The molecule has 3 aromatic rings. The van der Waals surface area contributed by atoms with E-state index in [-0.39, 0.29) is 11.3 Å². The van der Waals surface area contributed by atoms with Crippen molar-refractivity contribution in [2.45, 2.75) is 6.54 Å². The lowest BCUT2D eigenvalue weighted by Gasteiger charge is -2.30. The van der Waals surface area contributed by atoms with Crippen molar-refractivity contribution in [1.82, 2.24) is 9.78 Å². The summed E-state index contributed by atoms with van der Waals surface area (Å²) >= 11 is 0. The largest absolute Gasteiger partial charge is 0.378 e. The third-order valence-corrected chi connectivity index (χ3v) is 4.86. The molecule has 1 aromatic heterocycles. The minimum absolute atomic E-state index is 0.133. The molecule has 154 valence electrons. The summed E-state index contributed by atoms with van der Waals surface area (Å²) in [5.74, 6) is -0.0551. The minimum atomic E-state index is -0.505. The molecular formula is C21H21N5O4. The van der Waals surface area contributed by atoms with E-state index in [4.69, 9.17) is 4.74 Å². The summed E-state index contributed by atoms with van der Waals surface area (Å²) in [5.41, 5.74) is 1.84. The van der Waals surface area contributed by atoms with Crippen molar-refractivity contribution in [2.75, 3.05) is 36.5 Å². The molecule has 2 aromatic carbocycles. The van der Waals surface area contributed by atoms with Gasteiger partial charge in [-0.15, -0.1) is 0 Å². The van der Waals surface area contributed by atoms with Crippen molar-refractivity contribution in [3.05, 3.63) is 82.0 Å². The zero-order valence-electron chi connectivity index (χ0n) is 16.2. The number of non-ortho nitro benzene ring substituents is 1. The minimum Gasteiger partial charge on any atom is -0.378 e. The standard InChI is InChI=1S/C21H21N5O4/c27-21(22-20-8-9-25(23-20)15-16-4-2-1-3-5-16)18-14-17(26(28)29)6-7-19(18)24-10-12-30-13-11-24/h1-9,14H,10-13,15H2,(H,22,23,27). The van der Waals surface area contributed by atoms with Crippen LogP contribution in [0.3, 0.4) is 0 Å². The maximum Gasteiger partial charge on any atom is 0.270 e. The molecule has 1 aliphatic heterocycles. The Labute approximate surface area is 173 Å². The Hall–Kier alpha value is -3.72. The zero-order chi connectivity index (χ0) is 20.9. The second kappa shape index (κ2) is 8.75. The number of hydrogen-bond donors (Lipinski definition) is 1. The van der Waals surface area contributed by atoms with Crippen molar-refractivity contribution < 1.29 is 14.5 Å². The summed E-state index contributed by atoms with van der Waals surface area (Å²) in [4.78, 5) is 25.7. The molecule has 4 rings (SSSR count). The highest BCUT2D eigenvalue weighted by molar-refractivity contribution is 6.08. The second-order valence-electron chi connectivity index (χ2n) is 6.90. The molecule has 1 N–H and O–H groups in total. The molecule has 0 radical (unpaired) electrons. The van der Waals surface area contributed by atoms with Crippen molar-refractivity contribution in [3.63, 3.8) is 0 Å². The van der Waals surface area contributed by atoms with Crippen LogP contribution >= 0.6 is 0 Å². The van der Waals surface area contributed by atoms with Crippen molar-refractivity contribution in [2.24, 2.45) is 0 Å². The van der Waals surface area contributed by atoms with Gasteiger partial charge in [-0.05, 0) is 11.6 Å². The van der Waals surface area contributed by atoms with Crippen LogP contribution in [0.25, 0.3) is 0 Å². The smallest absolute Gasteiger partial charge is 0.270 e. The predicted octanol–water partition coefficient (Wildman–Crippen LogP) is 2.93. The highest BCUT2D eigenvalue weighted by atomic mass is 16.6. The SMILES string of the molecule is O=C(Nc1ccn(Cc2ccccc2)n1)c1cc([N+](=O)[O-])ccc1N1CCOCC1. The fraction of sp³-hybridized carbons (Fsp3) is 0.238. The quantitative estimate of drug-likeness (QED) is 0.498. The van der Waals surface area contributed by atoms with E-state index in [1.807, 2.05) is 35.2 Å². The Morgan fingerprint density at radius 3 is 2.63 bits per heavy atom. The van der Waals surface area contributed by atoms with Gasteiger partial charge in [0, 0.05) is 37.5 Å². The molecule has 1 amide bonds. The van der Waals surface area contributed by atoms with Crippen LogP contribution in [0, 0.1) is 10.1 Å². The van der Waals surface area contributed by atoms with Crippen molar-refractivity contribution in [1.29, 1.82) is 0 Å². The number of carbonyl (C=O) groups is 1. The number of nitrogens with zero attached hydrogens (tertiary/aromatic N) is 4. The number of nitro groups is 1. The number of amides is 1. The van der Waals surface area contributed by atoms with Crippen molar-refractivity contribution in [3.8, 4) is 0 Å². The van der Waals surface area contributed by atoms with Gasteiger partial charge in [-0.3, -0.25) is 19.6 Å². The lowest BCUT2D eigenvalue weighted by atomic mass is 10.1. The fourth-order valence-electron chi connectivity index (χ4n) is 3.37. The third kappa shape index (κ3) is 4.47. The van der Waals surface area contributed by atoms with Gasteiger partial charge in [0.05, 0.1) is 35.9 Å². The first-order valence-corrected chi connectivity index (χ1v) is 9.60. The number of rotatable bonds is 6. The topological polar surface area (TPSA) is 103 Å². The summed E-state index contributed by atoms with van der Waals surface area (Å²) < 4.78 is 7.09. The monoisotopic (exact) mass is 407 g/mol. The molecule has 0 spiro atoms. The molecule has 30 heavy (non-hydrogen) atoms. The Balaban J connectivity index is 1.55. The van der Waals surface area contributed by atoms with E-state index in [1.54, 1.807) is 23.0 Å². The Kier molecular flexibility index (Phi) is 5.71. The molecule has 1 saturated heterocycles. The van der Waals surface area contributed by atoms with E-state index < -0.39 is 10.8 Å². The Bertz CT molecular complexity index is 1040. The number of carbonyl (C=O) groups excluding carboxylic acids is 1. The molecule has 9 nitrogen and oxygen atoms in total. The number of nitro benzene ring substituents is 1. The lowest BCUT2D eigenvalue weighted by molar-refractivity contribution is -0.384. The van der Waals surface area contributed by atoms with E-state index in [0.717, 1.165) is 5.56 Å². The van der Waals surface area contributed by atoms with Crippen LogP contribution in [-0.4, -0.2) is 46.9 Å². The van der Waals surface area contributed by atoms with E-state index >= 15 is 0 Å². The molecule has 1 aliphatic rings. The van der Waals surface area contributed by atoms with Crippen LogP contribution in [0.2, 0.25) is 0 Å². The summed E-state index contributed by atoms with van der Waals surface area (Å²) in [6.07, 6.45) is 1.78. The van der Waals surface area contributed by atoms with E-state index in [1.165, 1.54) is 12.1 Å². The Morgan fingerprint density at radius 2 is 1.90 bits per heavy atom. The van der Waals surface area contributed by atoms with Crippen LogP contribution < -0.4 is 10.2 Å². The molecular weight excluding hydrogens is 386 g/mol. The first-order valence-electron chi connectivity index (χ1n) is 9.60. The molecule has 2 heterocycles. The van der Waals surface area contributed by atoms with Gasteiger partial charge >= 0.3 is 0 Å². The van der Waals surface area contributed by atoms with Crippen LogP contribution in [-0.2, 0) is 11.3 Å². The molecule has 0 saturated carbocycles. The molecule has 0 atom stereocenters. The van der Waals surface area contributed by atoms with E-state index in [0.29, 0.717) is 44.4 Å². The van der Waals surface area contributed by atoms with E-state index in [9.17, 15) is 14.9 Å². The fourth-order valence-corrected chi connectivity index (χ4v) is 3.37. The van der Waals surface area contributed by atoms with Gasteiger partial charge < -0.3 is 15.0 Å². The van der Waals surface area contributed by atoms with Crippen LogP contribution in [0.15, 0.2) is 60.8 Å². The van der Waals surface area contributed by atoms with Crippen LogP contribution in [0.1, 0.15) is 15.9 Å². The number of ether oxygens (including phenoxy) is 1. The highest BCUT2D eigenvalue weighted by Gasteiger charge is 2.22. The summed E-state index contributed by atoms with van der Waals surface area (Å²) in [6.45, 7) is 2.89. The van der Waals surface area contributed by atoms with E-state index in [2.05, 4.69) is 10.4 Å². The van der Waals surface area contributed by atoms with Gasteiger partial charge in [0.1, 0.15) is 0 Å². The maximum atomic E-state index is 13.0. The molecule has 1 fully saturated rings. The number of nitrogens with one attached hydrogen (secondary N) is 1. The highest BCUT2D eigenvalue weighted by Crippen LogP contribution is 2.27. The molecule has 0 aliphatic carbocycles. The number of hydrogen-bond acceptors (Lipinski definition) is 6. The van der Waals surface area contributed by atoms with Gasteiger partial charge in [-0.1, -0.05) is 30.3 Å². The van der Waals surface area contributed by atoms with Crippen LogP contribution in [0.4, 0.5) is 17.2 Å². The van der Waals surface area contributed by atoms with Crippen LogP contribution in [0.5, 0.6) is 0 Å². The first-order chi connectivity index (χ1) is 14.6. The average Bonchev–Trinajstić information content (AvgIpc) is 3.21. The predicted molar refractivity (Wildman–Crippen MR) is 112 cm³/mol. The number of aromatic nitrogens is 2. The van der Waals surface area contributed by atoms with Gasteiger partial charge in [0.2, 0.25) is 0 Å². The maximum absolute atomic E-state index is 13.0. The molecule has 9 heteroatoms. The summed E-state index contributed by atoms with van der Waals surface area (Å²) in [6, 6.07) is 15.9. The van der Waals surface area contributed by atoms with Crippen molar-refractivity contribution >= 4 is 23.1 Å². The van der Waals surface area contributed by atoms with Gasteiger partial charge in [-0.2, -0.15) is 5.10 Å². The average molecular weight is 407 g/mol. The normalized spacial score (nSPS) is 13.8. The van der Waals surface area contributed by atoms with Gasteiger partial charge in [0.15, 0.2) is 5.82 Å². The summed E-state index contributed by atoms with van der Waals surface area (Å²) in [7, 11) is 0. The number of anilines is 2. The summed E-state index contributed by atoms with van der Waals surface area (Å²) in [5, 5.41) is 18.4.